The van der Waals surface area contributed by atoms with Gasteiger partial charge in [-0.2, -0.15) is 5.43 Å². The van der Waals surface area contributed by atoms with E-state index in [9.17, 15) is 18.3 Å². The molecular weight excluding hydrogens is 389 g/mol. The van der Waals surface area contributed by atoms with Crippen LogP contribution in [0, 0.1) is 10.8 Å². The molecule has 10 heteroatoms. The normalized spacial score (nSPS) is 12.4. The Labute approximate surface area is 165 Å². The van der Waals surface area contributed by atoms with Crippen LogP contribution in [-0.4, -0.2) is 36.3 Å². The smallest absolute Gasteiger partial charge is 0.496 e. The number of halogens is 3. The number of alkyl halides is 3. The topological polar surface area (TPSA) is 102 Å². The highest BCUT2D eigenvalue weighted by Gasteiger charge is 2.30. The minimum Gasteiger partial charge on any atom is -0.496 e. The first-order chi connectivity index (χ1) is 13.8. The molecule has 0 radical (unpaired) electrons. The summed E-state index contributed by atoms with van der Waals surface area (Å²) in [5.41, 5.74) is 4.22. The third kappa shape index (κ3) is 6.63. The fourth-order valence-electron chi connectivity index (χ4n) is 2.35. The Morgan fingerprint density at radius 1 is 1.07 bits per heavy atom. The molecule has 0 aliphatic rings. The number of nitrogens with one attached hydrogen (secondary N) is 3. The van der Waals surface area contributed by atoms with Gasteiger partial charge in [-0.25, -0.2) is 0 Å². The van der Waals surface area contributed by atoms with Crippen LogP contribution in [0.5, 0.6) is 11.5 Å². The Morgan fingerprint density at radius 3 is 2.28 bits per heavy atom. The second-order valence-electron chi connectivity index (χ2n) is 5.65. The number of ether oxygens (including phenoxy) is 2. The van der Waals surface area contributed by atoms with Crippen LogP contribution >= 0.6 is 0 Å². The zero-order valence-electron chi connectivity index (χ0n) is 15.3. The van der Waals surface area contributed by atoms with Crippen LogP contribution < -0.4 is 14.9 Å². The number of nitrogens with zero attached hydrogens (tertiary/aromatic N) is 1. The van der Waals surface area contributed by atoms with E-state index in [1.807, 2.05) is 0 Å². The fourth-order valence-corrected chi connectivity index (χ4v) is 2.35. The van der Waals surface area contributed by atoms with Crippen LogP contribution in [0.1, 0.15) is 22.9 Å². The van der Waals surface area contributed by atoms with Crippen molar-refractivity contribution in [2.45, 2.75) is 12.6 Å². The third-order valence-electron chi connectivity index (χ3n) is 3.69. The number of hydrogen-bond acceptors (Lipinski definition) is 6. The van der Waals surface area contributed by atoms with Crippen LogP contribution in [0.25, 0.3) is 12.2 Å². The average molecular weight is 408 g/mol. The van der Waals surface area contributed by atoms with Crippen molar-refractivity contribution in [2.75, 3.05) is 7.11 Å². The third-order valence-corrected chi connectivity index (χ3v) is 3.69. The molecule has 0 fully saturated rings. The van der Waals surface area contributed by atoms with E-state index < -0.39 is 12.6 Å². The van der Waals surface area contributed by atoms with Crippen molar-refractivity contribution < 1.29 is 27.8 Å². The van der Waals surface area contributed by atoms with Crippen molar-refractivity contribution in [1.29, 1.82) is 10.8 Å². The highest BCUT2D eigenvalue weighted by atomic mass is 19.4. The first-order valence-electron chi connectivity index (χ1n) is 8.21. The largest absolute Gasteiger partial charge is 0.573 e. The monoisotopic (exact) mass is 408 g/mol. The number of hydrazine groups is 1. The van der Waals surface area contributed by atoms with Gasteiger partial charge in [-0.15, -0.1) is 13.2 Å². The maximum absolute atomic E-state index is 12.2. The Morgan fingerprint density at radius 2 is 1.72 bits per heavy atom. The molecule has 1 atom stereocenters. The van der Waals surface area contributed by atoms with Crippen LogP contribution in [0.4, 0.5) is 13.2 Å². The summed E-state index contributed by atoms with van der Waals surface area (Å²) in [5.74, 6) is 0.204. The molecule has 4 N–H and O–H groups in total. The molecule has 0 amide bonds. The van der Waals surface area contributed by atoms with Gasteiger partial charge in [0.2, 0.25) is 0 Å². The SMILES string of the molecule is COc1ccc(C(O)NN(C=N)C=N)cc1/C=C/c1ccc(OC(F)(F)F)cc1. The van der Waals surface area contributed by atoms with E-state index in [-0.39, 0.29) is 5.75 Å². The fraction of sp³-hybridized carbons (Fsp3) is 0.158. The number of benzene rings is 2. The molecule has 29 heavy (non-hydrogen) atoms. The summed E-state index contributed by atoms with van der Waals surface area (Å²) in [7, 11) is 1.48. The van der Waals surface area contributed by atoms with Gasteiger partial charge in [-0.05, 0) is 35.4 Å². The molecule has 0 heterocycles. The van der Waals surface area contributed by atoms with Gasteiger partial charge in [0.05, 0.1) is 7.11 Å². The standard InChI is InChI=1S/C19H19F3N4O3/c1-28-17-9-6-15(18(27)25-26(11-23)12-24)10-14(17)5-2-13-3-7-16(8-4-13)29-19(20,21)22/h2-12,18,23-25,27H,1H3/b5-2+,23-11?,24-12?. The summed E-state index contributed by atoms with van der Waals surface area (Å²) in [6.07, 6.45) is -0.931. The highest BCUT2D eigenvalue weighted by molar-refractivity contribution is 5.73. The highest BCUT2D eigenvalue weighted by Crippen LogP contribution is 2.26. The number of rotatable bonds is 9. The minimum absolute atomic E-state index is 0.314. The first-order valence-corrected chi connectivity index (χ1v) is 8.21. The van der Waals surface area contributed by atoms with Crippen LogP contribution in [0.2, 0.25) is 0 Å². The zero-order chi connectivity index (χ0) is 21.4. The number of hydrogen-bond donors (Lipinski definition) is 4. The maximum Gasteiger partial charge on any atom is 0.573 e. The van der Waals surface area contributed by atoms with Crippen molar-refractivity contribution in [3.05, 3.63) is 59.2 Å². The summed E-state index contributed by atoms with van der Waals surface area (Å²) in [5, 5.41) is 25.4. The average Bonchev–Trinajstić information content (AvgIpc) is 2.70. The Kier molecular flexibility index (Phi) is 7.34. The molecule has 2 aromatic rings. The lowest BCUT2D eigenvalue weighted by molar-refractivity contribution is -0.274. The van der Waals surface area contributed by atoms with E-state index in [0.29, 0.717) is 22.4 Å². The van der Waals surface area contributed by atoms with E-state index in [1.165, 1.54) is 31.4 Å². The molecule has 0 bridgehead atoms. The van der Waals surface area contributed by atoms with E-state index in [2.05, 4.69) is 10.2 Å². The Bertz CT molecular complexity index is 862. The predicted octanol–water partition coefficient (Wildman–Crippen LogP) is 3.78. The summed E-state index contributed by atoms with van der Waals surface area (Å²) >= 11 is 0. The zero-order valence-corrected chi connectivity index (χ0v) is 15.3. The number of aliphatic hydroxyl groups is 1. The summed E-state index contributed by atoms with van der Waals surface area (Å²) in [6, 6.07) is 10.2. The number of methoxy groups -OCH3 is 1. The van der Waals surface area contributed by atoms with Crippen molar-refractivity contribution in [2.24, 2.45) is 0 Å². The summed E-state index contributed by atoms with van der Waals surface area (Å²) in [6.45, 7) is 0. The molecule has 1 unspecified atom stereocenters. The van der Waals surface area contributed by atoms with Gasteiger partial charge in [0.25, 0.3) is 0 Å². The summed E-state index contributed by atoms with van der Waals surface area (Å²) < 4.78 is 45.8. The van der Waals surface area contributed by atoms with Gasteiger partial charge < -0.3 is 14.6 Å². The molecule has 0 saturated carbocycles. The van der Waals surface area contributed by atoms with E-state index in [1.54, 1.807) is 30.4 Å². The molecule has 0 spiro atoms. The van der Waals surface area contributed by atoms with Gasteiger partial charge in [-0.3, -0.25) is 15.8 Å². The van der Waals surface area contributed by atoms with Crippen LogP contribution in [0.15, 0.2) is 42.5 Å². The van der Waals surface area contributed by atoms with Crippen LogP contribution in [-0.2, 0) is 0 Å². The molecule has 2 aromatic carbocycles. The maximum atomic E-state index is 12.2. The van der Waals surface area contributed by atoms with Crippen molar-refractivity contribution in [3.8, 4) is 11.5 Å². The number of aliphatic hydroxyl groups excluding tert-OH is 1. The predicted molar refractivity (Wildman–Crippen MR) is 103 cm³/mol. The lowest BCUT2D eigenvalue weighted by atomic mass is 10.1. The molecule has 0 aliphatic carbocycles. The van der Waals surface area contributed by atoms with Crippen molar-refractivity contribution in [1.82, 2.24) is 10.4 Å². The Hall–Kier alpha value is -3.37. The summed E-state index contributed by atoms with van der Waals surface area (Å²) in [4.78, 5) is 0. The molecule has 7 nitrogen and oxygen atoms in total. The van der Waals surface area contributed by atoms with E-state index >= 15 is 0 Å². The first kappa shape index (κ1) is 21.9. The van der Waals surface area contributed by atoms with Gasteiger partial charge in [0, 0.05) is 5.56 Å². The van der Waals surface area contributed by atoms with Crippen LogP contribution in [0.3, 0.4) is 0 Å². The van der Waals surface area contributed by atoms with E-state index in [0.717, 1.165) is 17.7 Å². The quantitative estimate of drug-likeness (QED) is 0.166. The van der Waals surface area contributed by atoms with Crippen molar-refractivity contribution >= 4 is 24.8 Å². The molecule has 2 rings (SSSR count). The second-order valence-corrected chi connectivity index (χ2v) is 5.65. The van der Waals surface area contributed by atoms with Crippen molar-refractivity contribution in [3.63, 3.8) is 0 Å². The molecular formula is C19H19F3N4O3. The molecule has 0 saturated heterocycles. The molecule has 0 aromatic heterocycles. The lowest BCUT2D eigenvalue weighted by Gasteiger charge is -2.20. The van der Waals surface area contributed by atoms with Gasteiger partial charge in [0.1, 0.15) is 30.4 Å². The lowest BCUT2D eigenvalue weighted by Crippen LogP contribution is -2.38. The van der Waals surface area contributed by atoms with Gasteiger partial charge >= 0.3 is 6.36 Å². The minimum atomic E-state index is -4.74. The Balaban J connectivity index is 2.20. The van der Waals surface area contributed by atoms with Gasteiger partial charge in [-0.1, -0.05) is 30.4 Å². The molecule has 154 valence electrons. The molecule has 0 aliphatic heterocycles. The van der Waals surface area contributed by atoms with E-state index in [4.69, 9.17) is 15.6 Å². The second kappa shape index (κ2) is 9.71. The van der Waals surface area contributed by atoms with Gasteiger partial charge in [0.15, 0.2) is 0 Å².